The second kappa shape index (κ2) is 5.01. The van der Waals surface area contributed by atoms with Gasteiger partial charge >= 0.3 is 0 Å². The van der Waals surface area contributed by atoms with Crippen molar-refractivity contribution in [2.75, 3.05) is 27.2 Å². The molecule has 1 heterocycles. The molecule has 2 aromatic rings. The van der Waals surface area contributed by atoms with E-state index in [1.807, 2.05) is 44.6 Å². The molecule has 1 aromatic carbocycles. The maximum absolute atomic E-state index is 12.2. The Balaban J connectivity index is 2.27. The van der Waals surface area contributed by atoms with Gasteiger partial charge in [-0.25, -0.2) is 0 Å². The van der Waals surface area contributed by atoms with Gasteiger partial charge in [0.05, 0.1) is 0 Å². The Morgan fingerprint density at radius 2 is 2.24 bits per heavy atom. The fraction of sp³-hybridized carbons (Fsp3) is 0.308. The van der Waals surface area contributed by atoms with Gasteiger partial charge < -0.3 is 15.2 Å². The van der Waals surface area contributed by atoms with Crippen molar-refractivity contribution >= 4 is 16.8 Å². The summed E-state index contributed by atoms with van der Waals surface area (Å²) in [7, 11) is 3.70. The number of nitrogens with zero attached hydrogens (tertiary/aromatic N) is 1. The number of benzene rings is 1. The average molecular weight is 231 g/mol. The fourth-order valence-electron chi connectivity index (χ4n) is 1.86. The monoisotopic (exact) mass is 231 g/mol. The van der Waals surface area contributed by atoms with E-state index in [-0.39, 0.29) is 5.91 Å². The van der Waals surface area contributed by atoms with Crippen LogP contribution in [0, 0.1) is 0 Å². The molecule has 0 aliphatic rings. The summed E-state index contributed by atoms with van der Waals surface area (Å²) in [4.78, 5) is 17.1. The summed E-state index contributed by atoms with van der Waals surface area (Å²) in [5, 5.41) is 4.02. The second-order valence-electron chi connectivity index (χ2n) is 4.07. The van der Waals surface area contributed by atoms with Crippen LogP contribution in [-0.2, 0) is 0 Å². The first-order chi connectivity index (χ1) is 8.24. The lowest BCUT2D eigenvalue weighted by molar-refractivity contribution is 0.0799. The first kappa shape index (κ1) is 11.7. The van der Waals surface area contributed by atoms with Gasteiger partial charge in [0.25, 0.3) is 5.91 Å². The van der Waals surface area contributed by atoms with Crippen molar-refractivity contribution in [1.82, 2.24) is 15.2 Å². The molecular formula is C13H17N3O. The Morgan fingerprint density at radius 3 is 3.00 bits per heavy atom. The predicted molar refractivity (Wildman–Crippen MR) is 69.2 cm³/mol. The van der Waals surface area contributed by atoms with Gasteiger partial charge in [0.2, 0.25) is 0 Å². The minimum Gasteiger partial charge on any atom is -0.361 e. The van der Waals surface area contributed by atoms with E-state index in [4.69, 9.17) is 0 Å². The van der Waals surface area contributed by atoms with Gasteiger partial charge in [-0.05, 0) is 25.2 Å². The van der Waals surface area contributed by atoms with Crippen molar-refractivity contribution in [3.05, 3.63) is 36.0 Å². The summed E-state index contributed by atoms with van der Waals surface area (Å²) in [6.45, 7) is 1.50. The number of aromatic nitrogens is 1. The fourth-order valence-corrected chi connectivity index (χ4v) is 1.86. The van der Waals surface area contributed by atoms with Gasteiger partial charge in [-0.15, -0.1) is 0 Å². The van der Waals surface area contributed by atoms with E-state index < -0.39 is 0 Å². The third-order valence-electron chi connectivity index (χ3n) is 2.87. The third kappa shape index (κ3) is 2.31. The number of amides is 1. The van der Waals surface area contributed by atoms with Crippen molar-refractivity contribution < 1.29 is 4.79 Å². The summed E-state index contributed by atoms with van der Waals surface area (Å²) in [6.07, 6.45) is 1.86. The second-order valence-corrected chi connectivity index (χ2v) is 4.07. The van der Waals surface area contributed by atoms with E-state index in [1.54, 1.807) is 4.90 Å². The van der Waals surface area contributed by atoms with Crippen LogP contribution in [0.2, 0.25) is 0 Å². The Kier molecular flexibility index (Phi) is 3.44. The van der Waals surface area contributed by atoms with Crippen LogP contribution in [0.3, 0.4) is 0 Å². The summed E-state index contributed by atoms with van der Waals surface area (Å²) >= 11 is 0. The van der Waals surface area contributed by atoms with Crippen LogP contribution < -0.4 is 5.32 Å². The van der Waals surface area contributed by atoms with Crippen LogP contribution in [0.15, 0.2) is 30.5 Å². The lowest BCUT2D eigenvalue weighted by atomic mass is 10.1. The van der Waals surface area contributed by atoms with E-state index in [0.29, 0.717) is 6.54 Å². The molecule has 0 saturated carbocycles. The standard InChI is InChI=1S/C13H17N3O/c1-14-8-9-16(2)13(17)11-4-3-5-12-10(11)6-7-15-12/h3-7,14-15H,8-9H2,1-2H3. The summed E-state index contributed by atoms with van der Waals surface area (Å²) in [5.41, 5.74) is 1.75. The van der Waals surface area contributed by atoms with Crippen molar-refractivity contribution in [3.8, 4) is 0 Å². The molecule has 0 fully saturated rings. The van der Waals surface area contributed by atoms with Gasteiger partial charge in [0.15, 0.2) is 0 Å². The van der Waals surface area contributed by atoms with E-state index in [2.05, 4.69) is 10.3 Å². The zero-order chi connectivity index (χ0) is 12.3. The molecule has 4 heteroatoms. The largest absolute Gasteiger partial charge is 0.361 e. The number of aromatic amines is 1. The van der Waals surface area contributed by atoms with Crippen molar-refractivity contribution in [1.29, 1.82) is 0 Å². The molecule has 0 unspecified atom stereocenters. The molecule has 0 bridgehead atoms. The molecule has 4 nitrogen and oxygen atoms in total. The van der Waals surface area contributed by atoms with Crippen molar-refractivity contribution in [3.63, 3.8) is 0 Å². The molecule has 1 amide bonds. The highest BCUT2D eigenvalue weighted by Gasteiger charge is 2.14. The highest BCUT2D eigenvalue weighted by Crippen LogP contribution is 2.18. The van der Waals surface area contributed by atoms with Gasteiger partial charge in [0.1, 0.15) is 0 Å². The number of likely N-dealkylation sites (N-methyl/N-ethyl adjacent to an activating group) is 2. The Labute approximate surface area is 101 Å². The number of fused-ring (bicyclic) bond motifs is 1. The lowest BCUT2D eigenvalue weighted by Crippen LogP contribution is -2.32. The number of carbonyl (C=O) groups is 1. The highest BCUT2D eigenvalue weighted by atomic mass is 16.2. The topological polar surface area (TPSA) is 48.1 Å². The number of H-pyrrole nitrogens is 1. The maximum atomic E-state index is 12.2. The molecule has 2 N–H and O–H groups in total. The maximum Gasteiger partial charge on any atom is 0.254 e. The summed E-state index contributed by atoms with van der Waals surface area (Å²) in [5.74, 6) is 0.0606. The minimum atomic E-state index is 0.0606. The normalized spacial score (nSPS) is 10.7. The number of carbonyl (C=O) groups excluding carboxylic acids is 1. The quantitative estimate of drug-likeness (QED) is 0.837. The van der Waals surface area contributed by atoms with E-state index in [0.717, 1.165) is 23.0 Å². The molecule has 1 aromatic heterocycles. The SMILES string of the molecule is CNCCN(C)C(=O)c1cccc2[nH]ccc12. The predicted octanol–water partition coefficient (Wildman–Crippen LogP) is 1.46. The Morgan fingerprint density at radius 1 is 1.41 bits per heavy atom. The smallest absolute Gasteiger partial charge is 0.254 e. The van der Waals surface area contributed by atoms with E-state index in [9.17, 15) is 4.79 Å². The molecular weight excluding hydrogens is 214 g/mol. The first-order valence-corrected chi connectivity index (χ1v) is 5.70. The van der Waals surface area contributed by atoms with Crippen LogP contribution in [0.1, 0.15) is 10.4 Å². The van der Waals surface area contributed by atoms with Gasteiger partial charge in [-0.1, -0.05) is 6.07 Å². The summed E-state index contributed by atoms with van der Waals surface area (Å²) in [6, 6.07) is 7.68. The van der Waals surface area contributed by atoms with Gasteiger partial charge in [-0.3, -0.25) is 4.79 Å². The number of hydrogen-bond donors (Lipinski definition) is 2. The van der Waals surface area contributed by atoms with Crippen LogP contribution in [0.4, 0.5) is 0 Å². The molecule has 0 aliphatic heterocycles. The molecule has 0 spiro atoms. The van der Waals surface area contributed by atoms with E-state index >= 15 is 0 Å². The first-order valence-electron chi connectivity index (χ1n) is 5.70. The average Bonchev–Trinajstić information content (AvgIpc) is 2.82. The number of hydrogen-bond acceptors (Lipinski definition) is 2. The van der Waals surface area contributed by atoms with Crippen molar-refractivity contribution in [2.45, 2.75) is 0 Å². The van der Waals surface area contributed by atoms with Crippen molar-refractivity contribution in [2.24, 2.45) is 0 Å². The molecule has 0 atom stereocenters. The molecule has 0 radical (unpaired) electrons. The Bertz CT molecular complexity index is 518. The molecule has 17 heavy (non-hydrogen) atoms. The van der Waals surface area contributed by atoms with Crippen LogP contribution in [-0.4, -0.2) is 43.0 Å². The molecule has 90 valence electrons. The van der Waals surface area contributed by atoms with Crippen LogP contribution in [0.25, 0.3) is 10.9 Å². The lowest BCUT2D eigenvalue weighted by Gasteiger charge is -2.17. The number of nitrogens with one attached hydrogen (secondary N) is 2. The zero-order valence-corrected chi connectivity index (χ0v) is 10.2. The molecule has 0 saturated heterocycles. The van der Waals surface area contributed by atoms with E-state index in [1.165, 1.54) is 0 Å². The van der Waals surface area contributed by atoms with Gasteiger partial charge in [-0.2, -0.15) is 0 Å². The minimum absolute atomic E-state index is 0.0606. The van der Waals surface area contributed by atoms with Crippen LogP contribution >= 0.6 is 0 Å². The molecule has 2 rings (SSSR count). The van der Waals surface area contributed by atoms with Crippen LogP contribution in [0.5, 0.6) is 0 Å². The Hall–Kier alpha value is -1.81. The van der Waals surface area contributed by atoms with Gasteiger partial charge in [0, 0.05) is 42.8 Å². The molecule has 0 aliphatic carbocycles. The third-order valence-corrected chi connectivity index (χ3v) is 2.87. The highest BCUT2D eigenvalue weighted by molar-refractivity contribution is 6.06. The summed E-state index contributed by atoms with van der Waals surface area (Å²) < 4.78 is 0. The zero-order valence-electron chi connectivity index (χ0n) is 10.2. The number of rotatable bonds is 4.